The Kier molecular flexibility index (Phi) is 8.15. The fourth-order valence-corrected chi connectivity index (χ4v) is 5.10. The smallest absolute Gasteiger partial charge is 0.264 e. The van der Waals surface area contributed by atoms with E-state index in [1.165, 1.54) is 0 Å². The number of nitrogens with zero attached hydrogens (tertiary/aromatic N) is 1. The van der Waals surface area contributed by atoms with Crippen molar-refractivity contribution < 1.29 is 17.9 Å². The molecule has 3 rings (SSSR count). The van der Waals surface area contributed by atoms with E-state index in [1.54, 1.807) is 48.5 Å². The molecule has 33 heavy (non-hydrogen) atoms. The van der Waals surface area contributed by atoms with Gasteiger partial charge in [0, 0.05) is 4.47 Å². The quantitative estimate of drug-likeness (QED) is 0.411. The summed E-state index contributed by atoms with van der Waals surface area (Å²) in [7, 11) is -3.96. The van der Waals surface area contributed by atoms with E-state index in [9.17, 15) is 13.2 Å². The Morgan fingerprint density at radius 3 is 2.33 bits per heavy atom. The van der Waals surface area contributed by atoms with Crippen LogP contribution < -0.4 is 14.4 Å². The van der Waals surface area contributed by atoms with Gasteiger partial charge in [0.25, 0.3) is 10.0 Å². The zero-order valence-corrected chi connectivity index (χ0v) is 21.2. The summed E-state index contributed by atoms with van der Waals surface area (Å²) in [5, 5.41) is 2.90. The van der Waals surface area contributed by atoms with Gasteiger partial charge in [-0.1, -0.05) is 51.8 Å². The highest BCUT2D eigenvalue weighted by molar-refractivity contribution is 9.10. The van der Waals surface area contributed by atoms with Crippen molar-refractivity contribution in [2.24, 2.45) is 0 Å². The van der Waals surface area contributed by atoms with Gasteiger partial charge in [0.1, 0.15) is 12.3 Å². The Bertz CT molecular complexity index is 1200. The lowest BCUT2D eigenvalue weighted by Crippen LogP contribution is -2.41. The zero-order valence-electron chi connectivity index (χ0n) is 18.8. The molecule has 1 atom stereocenters. The van der Waals surface area contributed by atoms with Crippen LogP contribution in [-0.2, 0) is 14.8 Å². The molecule has 0 aromatic heterocycles. The Hall–Kier alpha value is -2.84. The number of anilines is 1. The van der Waals surface area contributed by atoms with Crippen molar-refractivity contribution >= 4 is 37.5 Å². The summed E-state index contributed by atoms with van der Waals surface area (Å²) in [4.78, 5) is 13.1. The van der Waals surface area contributed by atoms with E-state index in [-0.39, 0.29) is 17.5 Å². The number of rotatable bonds is 9. The van der Waals surface area contributed by atoms with Crippen LogP contribution in [0.15, 0.2) is 82.2 Å². The van der Waals surface area contributed by atoms with Crippen LogP contribution >= 0.6 is 15.9 Å². The molecule has 0 aliphatic rings. The Labute approximate surface area is 203 Å². The van der Waals surface area contributed by atoms with Gasteiger partial charge in [0.2, 0.25) is 5.91 Å². The van der Waals surface area contributed by atoms with E-state index < -0.39 is 15.9 Å². The Morgan fingerprint density at radius 2 is 1.73 bits per heavy atom. The summed E-state index contributed by atoms with van der Waals surface area (Å²) in [6.07, 6.45) is 0. The van der Waals surface area contributed by atoms with Crippen LogP contribution in [-0.4, -0.2) is 27.5 Å². The molecule has 1 amide bonds. The van der Waals surface area contributed by atoms with Crippen molar-refractivity contribution in [3.63, 3.8) is 0 Å². The van der Waals surface area contributed by atoms with E-state index in [1.807, 2.05) is 45.0 Å². The summed E-state index contributed by atoms with van der Waals surface area (Å²) in [6.45, 7) is 5.88. The molecule has 0 bridgehead atoms. The number of nitrogens with one attached hydrogen (secondary N) is 1. The lowest BCUT2D eigenvalue weighted by atomic mass is 10.1. The predicted octanol–water partition coefficient (Wildman–Crippen LogP) is 5.23. The monoisotopic (exact) mass is 530 g/mol. The SMILES string of the molecule is CCOc1ccc([C@@H](C)NC(=O)CN(c2cccc(Br)c2)S(=O)(=O)c2ccc(C)cc2)cc1. The van der Waals surface area contributed by atoms with Gasteiger partial charge in [-0.25, -0.2) is 8.42 Å². The minimum absolute atomic E-state index is 0.125. The summed E-state index contributed by atoms with van der Waals surface area (Å²) < 4.78 is 34.2. The largest absolute Gasteiger partial charge is 0.494 e. The molecule has 6 nitrogen and oxygen atoms in total. The third kappa shape index (κ3) is 6.36. The van der Waals surface area contributed by atoms with Crippen molar-refractivity contribution in [3.05, 3.63) is 88.4 Å². The molecule has 0 aliphatic heterocycles. The number of hydrogen-bond donors (Lipinski definition) is 1. The molecule has 0 aliphatic carbocycles. The fraction of sp³-hybridized carbons (Fsp3) is 0.240. The maximum atomic E-state index is 13.5. The van der Waals surface area contributed by atoms with E-state index in [4.69, 9.17) is 4.74 Å². The molecule has 8 heteroatoms. The number of hydrogen-bond acceptors (Lipinski definition) is 4. The standard InChI is InChI=1S/C25H27BrN2O4S/c1-4-32-23-12-10-20(11-13-23)19(3)27-25(29)17-28(22-7-5-6-21(26)16-22)33(30,31)24-14-8-18(2)9-15-24/h5-16,19H,4,17H2,1-3H3,(H,27,29)/t19-/m1/s1. The molecule has 0 fully saturated rings. The topological polar surface area (TPSA) is 75.7 Å². The number of halogens is 1. The molecule has 0 saturated carbocycles. The van der Waals surface area contributed by atoms with Crippen LogP contribution in [0.4, 0.5) is 5.69 Å². The molecule has 1 N–H and O–H groups in total. The second-order valence-electron chi connectivity index (χ2n) is 7.60. The summed E-state index contributed by atoms with van der Waals surface area (Å²) in [6, 6.07) is 20.6. The number of sulfonamides is 1. The highest BCUT2D eigenvalue weighted by atomic mass is 79.9. The molecule has 0 heterocycles. The van der Waals surface area contributed by atoms with Crippen molar-refractivity contribution in [1.82, 2.24) is 5.32 Å². The van der Waals surface area contributed by atoms with E-state index in [2.05, 4.69) is 21.2 Å². The minimum atomic E-state index is -3.96. The lowest BCUT2D eigenvalue weighted by Gasteiger charge is -2.25. The van der Waals surface area contributed by atoms with Crippen LogP contribution in [0, 0.1) is 6.92 Å². The van der Waals surface area contributed by atoms with Crippen molar-refractivity contribution in [2.45, 2.75) is 31.7 Å². The lowest BCUT2D eigenvalue weighted by molar-refractivity contribution is -0.120. The van der Waals surface area contributed by atoms with Crippen LogP contribution in [0.25, 0.3) is 0 Å². The van der Waals surface area contributed by atoms with Gasteiger partial charge in [-0.15, -0.1) is 0 Å². The van der Waals surface area contributed by atoms with E-state index in [0.29, 0.717) is 16.8 Å². The number of ether oxygens (including phenoxy) is 1. The minimum Gasteiger partial charge on any atom is -0.494 e. The summed E-state index contributed by atoms with van der Waals surface area (Å²) in [5.74, 6) is 0.344. The number of carbonyl (C=O) groups excluding carboxylic acids is 1. The number of carbonyl (C=O) groups is 1. The number of aryl methyl sites for hydroxylation is 1. The molecule has 0 unspecified atom stereocenters. The van der Waals surface area contributed by atoms with E-state index in [0.717, 1.165) is 21.2 Å². The molecule has 0 saturated heterocycles. The second-order valence-corrected chi connectivity index (χ2v) is 10.4. The summed E-state index contributed by atoms with van der Waals surface area (Å²) in [5.41, 5.74) is 2.24. The van der Waals surface area contributed by atoms with Gasteiger partial charge in [0.05, 0.1) is 23.2 Å². The van der Waals surface area contributed by atoms with Crippen molar-refractivity contribution in [2.75, 3.05) is 17.5 Å². The molecular weight excluding hydrogens is 504 g/mol. The average molecular weight is 531 g/mol. The van der Waals surface area contributed by atoms with Gasteiger partial charge in [-0.05, 0) is 68.8 Å². The van der Waals surface area contributed by atoms with Crippen LogP contribution in [0.5, 0.6) is 5.75 Å². The van der Waals surface area contributed by atoms with Crippen LogP contribution in [0.3, 0.4) is 0 Å². The maximum absolute atomic E-state index is 13.5. The maximum Gasteiger partial charge on any atom is 0.264 e. The molecule has 3 aromatic rings. The number of amides is 1. The average Bonchev–Trinajstić information content (AvgIpc) is 2.78. The van der Waals surface area contributed by atoms with Crippen molar-refractivity contribution in [1.29, 1.82) is 0 Å². The Balaban J connectivity index is 1.84. The van der Waals surface area contributed by atoms with Crippen LogP contribution in [0.2, 0.25) is 0 Å². The van der Waals surface area contributed by atoms with Gasteiger partial charge >= 0.3 is 0 Å². The Morgan fingerprint density at radius 1 is 1.06 bits per heavy atom. The first-order chi connectivity index (χ1) is 15.7. The molecular formula is C25H27BrN2O4S. The first-order valence-corrected chi connectivity index (χ1v) is 12.8. The zero-order chi connectivity index (χ0) is 24.0. The highest BCUT2D eigenvalue weighted by Gasteiger charge is 2.28. The summed E-state index contributed by atoms with van der Waals surface area (Å²) >= 11 is 3.38. The first kappa shape index (κ1) is 24.8. The van der Waals surface area contributed by atoms with Gasteiger partial charge in [-0.2, -0.15) is 0 Å². The molecule has 174 valence electrons. The van der Waals surface area contributed by atoms with Gasteiger partial charge < -0.3 is 10.1 Å². The van der Waals surface area contributed by atoms with Gasteiger partial charge in [-0.3, -0.25) is 9.10 Å². The normalized spacial score (nSPS) is 12.1. The third-order valence-electron chi connectivity index (χ3n) is 5.06. The first-order valence-electron chi connectivity index (χ1n) is 10.6. The molecule has 0 spiro atoms. The highest BCUT2D eigenvalue weighted by Crippen LogP contribution is 2.27. The van der Waals surface area contributed by atoms with E-state index >= 15 is 0 Å². The van der Waals surface area contributed by atoms with Crippen molar-refractivity contribution in [3.8, 4) is 5.75 Å². The van der Waals surface area contributed by atoms with Crippen LogP contribution in [0.1, 0.15) is 31.0 Å². The molecule has 3 aromatic carbocycles. The molecule has 0 radical (unpaired) electrons. The predicted molar refractivity (Wildman–Crippen MR) is 134 cm³/mol. The fourth-order valence-electron chi connectivity index (χ4n) is 3.30. The number of benzene rings is 3. The third-order valence-corrected chi connectivity index (χ3v) is 7.34. The van der Waals surface area contributed by atoms with Gasteiger partial charge in [0.15, 0.2) is 0 Å². The second kappa shape index (κ2) is 10.9.